The predicted molar refractivity (Wildman–Crippen MR) is 113 cm³/mol. The van der Waals surface area contributed by atoms with Crippen LogP contribution in [-0.4, -0.2) is 20.1 Å². The van der Waals surface area contributed by atoms with Crippen molar-refractivity contribution in [2.45, 2.75) is 39.5 Å². The zero-order valence-corrected chi connectivity index (χ0v) is 16.3. The van der Waals surface area contributed by atoms with Crippen molar-refractivity contribution in [2.24, 2.45) is 0 Å². The second-order valence-electron chi connectivity index (χ2n) is 7.05. The van der Waals surface area contributed by atoms with E-state index < -0.39 is 0 Å². The van der Waals surface area contributed by atoms with E-state index in [4.69, 9.17) is 0 Å². The molecule has 1 N–H and O–H groups in total. The van der Waals surface area contributed by atoms with E-state index >= 15 is 0 Å². The van der Waals surface area contributed by atoms with Crippen molar-refractivity contribution in [1.29, 1.82) is 0 Å². The lowest BCUT2D eigenvalue weighted by Gasteiger charge is -2.26. The van der Waals surface area contributed by atoms with Gasteiger partial charge >= 0.3 is 0 Å². The maximum absolute atomic E-state index is 3.31. The molecule has 0 unspecified atom stereocenters. The largest absolute Gasteiger partial charge is 0.388 e. The molecule has 0 heterocycles. The smallest absolute Gasteiger partial charge is 0.0375 e. The zero-order valence-electron chi connectivity index (χ0n) is 16.3. The van der Waals surface area contributed by atoms with Gasteiger partial charge in [-0.3, -0.25) is 0 Å². The van der Waals surface area contributed by atoms with E-state index in [2.05, 4.69) is 98.6 Å². The molecule has 2 rings (SSSR count). The van der Waals surface area contributed by atoms with Crippen LogP contribution in [0.1, 0.15) is 45.2 Å². The molecule has 0 aliphatic carbocycles. The number of nitrogens with one attached hydrogen (secondary N) is 1. The van der Waals surface area contributed by atoms with Crippen molar-refractivity contribution in [1.82, 2.24) is 0 Å². The molecule has 2 heteroatoms. The third kappa shape index (κ3) is 4.88. The standard InChI is InChI=1S/C23H32N2/c1-6-25(7-2)20-16-14-19(15-17-20)11-10-18-23(3,4)21-12-8-9-13-22(21)24-5/h8-17,24H,6-7,18H2,1-5H3. The number of allylic oxidation sites excluding steroid dienone is 1. The summed E-state index contributed by atoms with van der Waals surface area (Å²) in [7, 11) is 1.99. The Morgan fingerprint density at radius 1 is 0.960 bits per heavy atom. The van der Waals surface area contributed by atoms with E-state index in [0.717, 1.165) is 19.5 Å². The number of anilines is 2. The van der Waals surface area contributed by atoms with Crippen molar-refractivity contribution in [3.8, 4) is 0 Å². The zero-order chi connectivity index (χ0) is 18.3. The lowest BCUT2D eigenvalue weighted by molar-refractivity contribution is 0.536. The van der Waals surface area contributed by atoms with E-state index in [9.17, 15) is 0 Å². The molecule has 0 aliphatic heterocycles. The average Bonchev–Trinajstić information content (AvgIpc) is 2.64. The van der Waals surface area contributed by atoms with Gasteiger partial charge in [-0.25, -0.2) is 0 Å². The maximum atomic E-state index is 3.31. The Bertz CT molecular complexity index is 679. The van der Waals surface area contributed by atoms with Crippen LogP contribution in [0.3, 0.4) is 0 Å². The lowest BCUT2D eigenvalue weighted by Crippen LogP contribution is -2.21. The lowest BCUT2D eigenvalue weighted by atomic mass is 9.80. The molecular weight excluding hydrogens is 304 g/mol. The highest BCUT2D eigenvalue weighted by Crippen LogP contribution is 2.33. The normalized spacial score (nSPS) is 11.7. The van der Waals surface area contributed by atoms with Gasteiger partial charge in [0.1, 0.15) is 0 Å². The van der Waals surface area contributed by atoms with Crippen molar-refractivity contribution in [3.63, 3.8) is 0 Å². The molecule has 0 amide bonds. The summed E-state index contributed by atoms with van der Waals surface area (Å²) in [4.78, 5) is 2.37. The van der Waals surface area contributed by atoms with E-state index in [0.29, 0.717) is 0 Å². The van der Waals surface area contributed by atoms with Crippen LogP contribution in [0.25, 0.3) is 6.08 Å². The number of para-hydroxylation sites is 1. The van der Waals surface area contributed by atoms with Crippen LogP contribution < -0.4 is 10.2 Å². The number of benzene rings is 2. The summed E-state index contributed by atoms with van der Waals surface area (Å²) in [6.07, 6.45) is 5.53. The number of hydrogen-bond acceptors (Lipinski definition) is 2. The molecule has 2 nitrogen and oxygen atoms in total. The first kappa shape index (κ1) is 19.1. The van der Waals surface area contributed by atoms with Crippen molar-refractivity contribution >= 4 is 17.5 Å². The van der Waals surface area contributed by atoms with Crippen LogP contribution in [0.15, 0.2) is 54.6 Å². The van der Waals surface area contributed by atoms with Gasteiger partial charge in [-0.2, -0.15) is 0 Å². The molecule has 134 valence electrons. The van der Waals surface area contributed by atoms with Gasteiger partial charge in [-0.15, -0.1) is 0 Å². The van der Waals surface area contributed by atoms with Crippen LogP contribution in [0, 0.1) is 0 Å². The molecule has 0 fully saturated rings. The Kier molecular flexibility index (Phi) is 6.69. The Hall–Kier alpha value is -2.22. The third-order valence-corrected chi connectivity index (χ3v) is 4.89. The minimum Gasteiger partial charge on any atom is -0.388 e. The summed E-state index contributed by atoms with van der Waals surface area (Å²) >= 11 is 0. The van der Waals surface area contributed by atoms with E-state index in [-0.39, 0.29) is 5.41 Å². The summed E-state index contributed by atoms with van der Waals surface area (Å²) < 4.78 is 0. The molecular formula is C23H32N2. The molecule has 0 bridgehead atoms. The van der Waals surface area contributed by atoms with Crippen LogP contribution in [0.2, 0.25) is 0 Å². The highest BCUT2D eigenvalue weighted by Gasteiger charge is 2.21. The second-order valence-corrected chi connectivity index (χ2v) is 7.05. The summed E-state index contributed by atoms with van der Waals surface area (Å²) in [5.41, 5.74) is 5.22. The number of hydrogen-bond donors (Lipinski definition) is 1. The topological polar surface area (TPSA) is 15.3 Å². The number of rotatable bonds is 8. The fourth-order valence-electron chi connectivity index (χ4n) is 3.28. The highest BCUT2D eigenvalue weighted by molar-refractivity contribution is 5.57. The third-order valence-electron chi connectivity index (χ3n) is 4.89. The first-order valence-electron chi connectivity index (χ1n) is 9.30. The summed E-state index contributed by atoms with van der Waals surface area (Å²) in [5, 5.41) is 3.31. The SMILES string of the molecule is CCN(CC)c1ccc(C=CCC(C)(C)c2ccccc2NC)cc1. The van der Waals surface area contributed by atoms with E-state index in [1.807, 2.05) is 7.05 Å². The van der Waals surface area contributed by atoms with Crippen molar-refractivity contribution in [2.75, 3.05) is 30.4 Å². The second kappa shape index (κ2) is 8.75. The molecule has 0 atom stereocenters. The molecule has 0 saturated heterocycles. The fraction of sp³-hybridized carbons (Fsp3) is 0.391. The Balaban J connectivity index is 2.07. The Labute approximate surface area is 153 Å². The van der Waals surface area contributed by atoms with Crippen LogP contribution in [0.4, 0.5) is 11.4 Å². The van der Waals surface area contributed by atoms with Crippen LogP contribution >= 0.6 is 0 Å². The molecule has 25 heavy (non-hydrogen) atoms. The molecule has 0 aromatic heterocycles. The molecule has 0 aliphatic rings. The van der Waals surface area contributed by atoms with Gasteiger partial charge in [0.2, 0.25) is 0 Å². The van der Waals surface area contributed by atoms with Crippen molar-refractivity contribution in [3.05, 3.63) is 65.7 Å². The Morgan fingerprint density at radius 3 is 2.20 bits per heavy atom. The van der Waals surface area contributed by atoms with Gasteiger partial charge in [-0.1, -0.05) is 56.3 Å². The summed E-state index contributed by atoms with van der Waals surface area (Å²) in [5.74, 6) is 0. The Morgan fingerprint density at radius 2 is 1.60 bits per heavy atom. The monoisotopic (exact) mass is 336 g/mol. The average molecular weight is 337 g/mol. The quantitative estimate of drug-likeness (QED) is 0.640. The summed E-state index contributed by atoms with van der Waals surface area (Å²) in [6, 6.07) is 17.4. The van der Waals surface area contributed by atoms with Gasteiger partial charge in [-0.05, 0) is 55.0 Å². The predicted octanol–water partition coefficient (Wildman–Crippen LogP) is 5.96. The minimum absolute atomic E-state index is 0.0945. The van der Waals surface area contributed by atoms with E-state index in [1.54, 1.807) is 0 Å². The van der Waals surface area contributed by atoms with Gasteiger partial charge in [0.15, 0.2) is 0 Å². The van der Waals surface area contributed by atoms with Crippen LogP contribution in [0.5, 0.6) is 0 Å². The molecule has 2 aromatic carbocycles. The molecule has 0 saturated carbocycles. The summed E-state index contributed by atoms with van der Waals surface area (Å²) in [6.45, 7) is 11.1. The first-order valence-corrected chi connectivity index (χ1v) is 9.30. The number of nitrogens with zero attached hydrogens (tertiary/aromatic N) is 1. The van der Waals surface area contributed by atoms with Gasteiger partial charge in [0.25, 0.3) is 0 Å². The van der Waals surface area contributed by atoms with Gasteiger partial charge in [0.05, 0.1) is 0 Å². The molecule has 0 radical (unpaired) electrons. The minimum atomic E-state index is 0.0945. The van der Waals surface area contributed by atoms with E-state index in [1.165, 1.54) is 22.5 Å². The van der Waals surface area contributed by atoms with Gasteiger partial charge < -0.3 is 10.2 Å². The van der Waals surface area contributed by atoms with Gasteiger partial charge in [0, 0.05) is 31.5 Å². The maximum Gasteiger partial charge on any atom is 0.0375 e. The van der Waals surface area contributed by atoms with Crippen LogP contribution in [-0.2, 0) is 5.41 Å². The highest BCUT2D eigenvalue weighted by atomic mass is 15.1. The fourth-order valence-corrected chi connectivity index (χ4v) is 3.28. The molecule has 2 aromatic rings. The molecule has 0 spiro atoms. The van der Waals surface area contributed by atoms with Crippen molar-refractivity contribution < 1.29 is 0 Å². The first-order chi connectivity index (χ1) is 12.0.